The second kappa shape index (κ2) is 9.03. The van der Waals surface area contributed by atoms with E-state index in [1.807, 2.05) is 12.1 Å². The monoisotopic (exact) mass is 450 g/mol. The van der Waals surface area contributed by atoms with Gasteiger partial charge in [-0.05, 0) is 36.8 Å². The Bertz CT molecular complexity index is 1380. The molecule has 0 saturated heterocycles. The first-order valence-electron chi connectivity index (χ1n) is 10.1. The number of rotatable bonds is 7. The average Bonchev–Trinajstić information content (AvgIpc) is 3.22. The topological polar surface area (TPSA) is 139 Å². The number of benzene rings is 1. The molecule has 3 N–H and O–H groups in total. The lowest BCUT2D eigenvalue weighted by Crippen LogP contribution is -2.26. The Labute approximate surface area is 188 Å². The Morgan fingerprint density at radius 3 is 2.82 bits per heavy atom. The number of aromatic nitrogens is 3. The number of hydrogen-bond donors (Lipinski definition) is 3. The summed E-state index contributed by atoms with van der Waals surface area (Å²) >= 11 is 0. The third-order valence-corrected chi connectivity index (χ3v) is 5.21. The van der Waals surface area contributed by atoms with Crippen LogP contribution in [0, 0.1) is 6.92 Å². The number of amides is 1. The van der Waals surface area contributed by atoms with Crippen molar-refractivity contribution < 1.29 is 24.2 Å². The fraction of sp³-hybridized carbons (Fsp3) is 0.217. The lowest BCUT2D eigenvalue weighted by atomic mass is 9.91. The van der Waals surface area contributed by atoms with Gasteiger partial charge >= 0.3 is 0 Å². The molecule has 0 bridgehead atoms. The van der Waals surface area contributed by atoms with Gasteiger partial charge in [-0.15, -0.1) is 10.2 Å². The van der Waals surface area contributed by atoms with E-state index < -0.39 is 17.1 Å². The molecule has 0 aliphatic rings. The quantitative estimate of drug-likeness (QED) is 0.390. The van der Waals surface area contributed by atoms with Gasteiger partial charge in [0.2, 0.25) is 17.1 Å². The van der Waals surface area contributed by atoms with E-state index in [-0.39, 0.29) is 36.1 Å². The van der Waals surface area contributed by atoms with E-state index in [1.54, 1.807) is 29.7 Å². The molecule has 1 aromatic carbocycles. The van der Waals surface area contributed by atoms with E-state index in [0.29, 0.717) is 22.8 Å². The number of nitrogens with one attached hydrogen (secondary N) is 1. The van der Waals surface area contributed by atoms with Crippen molar-refractivity contribution in [3.05, 3.63) is 81.8 Å². The van der Waals surface area contributed by atoms with Crippen LogP contribution in [0.1, 0.15) is 35.2 Å². The Kier molecular flexibility index (Phi) is 5.99. The molecule has 1 atom stereocenters. The van der Waals surface area contributed by atoms with Crippen LogP contribution >= 0.6 is 0 Å². The summed E-state index contributed by atoms with van der Waals surface area (Å²) < 4.78 is 12.6. The number of ether oxygens (including phenoxy) is 1. The van der Waals surface area contributed by atoms with Crippen molar-refractivity contribution in [2.75, 3.05) is 7.11 Å². The molecule has 4 rings (SSSR count). The largest absolute Gasteiger partial charge is 0.504 e. The molecular formula is C23H22N4O6. The maximum absolute atomic E-state index is 12.9. The number of aryl methyl sites for hydroxylation is 1. The molecule has 0 radical (unpaired) electrons. The van der Waals surface area contributed by atoms with Crippen LogP contribution in [0.25, 0.3) is 5.65 Å². The maximum atomic E-state index is 12.9. The fourth-order valence-corrected chi connectivity index (χ4v) is 3.58. The van der Waals surface area contributed by atoms with Crippen LogP contribution in [0.5, 0.6) is 17.2 Å². The van der Waals surface area contributed by atoms with Crippen molar-refractivity contribution in [3.8, 4) is 17.2 Å². The number of fused-ring (bicyclic) bond motifs is 1. The highest BCUT2D eigenvalue weighted by atomic mass is 16.5. The molecule has 3 aromatic heterocycles. The second-order valence-electron chi connectivity index (χ2n) is 7.44. The molecule has 10 nitrogen and oxygen atoms in total. The van der Waals surface area contributed by atoms with E-state index in [1.165, 1.54) is 25.3 Å². The van der Waals surface area contributed by atoms with Crippen molar-refractivity contribution in [1.82, 2.24) is 19.9 Å². The van der Waals surface area contributed by atoms with Crippen LogP contribution < -0.4 is 15.5 Å². The van der Waals surface area contributed by atoms with E-state index in [0.717, 1.165) is 0 Å². The van der Waals surface area contributed by atoms with Crippen molar-refractivity contribution >= 4 is 11.6 Å². The molecule has 10 heteroatoms. The maximum Gasteiger partial charge on any atom is 0.227 e. The number of phenolic OH excluding ortho intramolecular Hbond substituents is 1. The smallest absolute Gasteiger partial charge is 0.227 e. The summed E-state index contributed by atoms with van der Waals surface area (Å²) in [4.78, 5) is 25.1. The van der Waals surface area contributed by atoms with Crippen molar-refractivity contribution in [2.45, 2.75) is 25.8 Å². The normalized spacial score (nSPS) is 11.9. The summed E-state index contributed by atoms with van der Waals surface area (Å²) in [6.07, 6.45) is 1.65. The van der Waals surface area contributed by atoms with E-state index in [2.05, 4.69) is 15.5 Å². The van der Waals surface area contributed by atoms with Crippen LogP contribution in [0.4, 0.5) is 0 Å². The first-order valence-corrected chi connectivity index (χ1v) is 10.1. The summed E-state index contributed by atoms with van der Waals surface area (Å²) in [6.45, 7) is 1.70. The van der Waals surface area contributed by atoms with Gasteiger partial charge in [0.05, 0.1) is 19.6 Å². The molecule has 0 unspecified atom stereocenters. The van der Waals surface area contributed by atoms with Gasteiger partial charge in [0.15, 0.2) is 28.7 Å². The first-order chi connectivity index (χ1) is 15.9. The van der Waals surface area contributed by atoms with Crippen molar-refractivity contribution in [1.29, 1.82) is 0 Å². The molecule has 0 aliphatic heterocycles. The molecular weight excluding hydrogens is 428 g/mol. The summed E-state index contributed by atoms with van der Waals surface area (Å²) in [6, 6.07) is 11.2. The molecule has 0 aliphatic carbocycles. The zero-order chi connectivity index (χ0) is 23.5. The third kappa shape index (κ3) is 4.49. The van der Waals surface area contributed by atoms with Gasteiger partial charge < -0.3 is 24.7 Å². The highest BCUT2D eigenvalue weighted by Crippen LogP contribution is 2.37. The lowest BCUT2D eigenvalue weighted by Gasteiger charge is -2.18. The Hall–Kier alpha value is -4.34. The Balaban J connectivity index is 1.63. The zero-order valence-corrected chi connectivity index (χ0v) is 18.0. The summed E-state index contributed by atoms with van der Waals surface area (Å²) in [5.74, 6) is -0.874. The van der Waals surface area contributed by atoms with E-state index in [9.17, 15) is 19.8 Å². The van der Waals surface area contributed by atoms with E-state index in [4.69, 9.17) is 9.15 Å². The first kappa shape index (κ1) is 21.9. The van der Waals surface area contributed by atoms with Gasteiger partial charge in [-0.25, -0.2) is 0 Å². The molecule has 0 spiro atoms. The third-order valence-electron chi connectivity index (χ3n) is 5.21. The summed E-state index contributed by atoms with van der Waals surface area (Å²) in [7, 11) is 1.40. The number of phenols is 1. The van der Waals surface area contributed by atoms with Crippen molar-refractivity contribution in [3.63, 3.8) is 0 Å². The fourth-order valence-electron chi connectivity index (χ4n) is 3.58. The number of carbonyl (C=O) groups is 1. The molecule has 4 aromatic rings. The number of pyridine rings is 1. The molecule has 1 amide bonds. The lowest BCUT2D eigenvalue weighted by molar-refractivity contribution is -0.121. The van der Waals surface area contributed by atoms with Gasteiger partial charge in [0, 0.05) is 18.7 Å². The van der Waals surface area contributed by atoms with Gasteiger partial charge in [0.1, 0.15) is 5.76 Å². The van der Waals surface area contributed by atoms with Gasteiger partial charge in [-0.1, -0.05) is 12.1 Å². The van der Waals surface area contributed by atoms with Crippen LogP contribution in [0.3, 0.4) is 0 Å². The number of aromatic hydroxyl groups is 2. The molecule has 170 valence electrons. The number of methoxy groups -OCH3 is 1. The van der Waals surface area contributed by atoms with Crippen LogP contribution in [0.2, 0.25) is 0 Å². The van der Waals surface area contributed by atoms with E-state index >= 15 is 0 Å². The molecule has 3 heterocycles. The van der Waals surface area contributed by atoms with Crippen molar-refractivity contribution in [2.24, 2.45) is 0 Å². The SMILES string of the molecule is COc1cc([C@H](CC(=O)NCc2nnc3ccccn23)c2oc(C)cc(=O)c2O)ccc1O. The number of hydrogen-bond acceptors (Lipinski definition) is 8. The molecule has 33 heavy (non-hydrogen) atoms. The van der Waals surface area contributed by atoms with Gasteiger partial charge in [-0.3, -0.25) is 14.0 Å². The van der Waals surface area contributed by atoms with Crippen LogP contribution in [-0.2, 0) is 11.3 Å². The predicted molar refractivity (Wildman–Crippen MR) is 117 cm³/mol. The number of carbonyl (C=O) groups excluding carboxylic acids is 1. The standard InChI is InChI=1S/C23H22N4O6/c1-13-9-17(29)22(31)23(33-13)15(14-6-7-16(28)18(10-14)32-2)11-21(30)24-12-20-26-25-19-5-3-4-8-27(19)20/h3-10,15,28,31H,11-12H2,1-2H3,(H,24,30)/t15-/m0/s1. The predicted octanol–water partition coefficient (Wildman–Crippen LogP) is 2.25. The summed E-state index contributed by atoms with van der Waals surface area (Å²) in [5, 5.41) is 31.3. The number of nitrogens with zero attached hydrogens (tertiary/aromatic N) is 3. The molecule has 0 fully saturated rings. The highest BCUT2D eigenvalue weighted by Gasteiger charge is 2.27. The van der Waals surface area contributed by atoms with Crippen LogP contribution in [0.15, 0.2) is 57.9 Å². The highest BCUT2D eigenvalue weighted by molar-refractivity contribution is 5.77. The minimum Gasteiger partial charge on any atom is -0.504 e. The Morgan fingerprint density at radius 1 is 1.21 bits per heavy atom. The second-order valence-corrected chi connectivity index (χ2v) is 7.44. The van der Waals surface area contributed by atoms with Gasteiger partial charge in [0.25, 0.3) is 0 Å². The minimum atomic E-state index is -0.817. The zero-order valence-electron chi connectivity index (χ0n) is 18.0. The Morgan fingerprint density at radius 2 is 2.03 bits per heavy atom. The van der Waals surface area contributed by atoms with Gasteiger partial charge in [-0.2, -0.15) is 0 Å². The molecule has 0 saturated carbocycles. The average molecular weight is 450 g/mol. The van der Waals surface area contributed by atoms with Crippen LogP contribution in [-0.4, -0.2) is 37.8 Å². The summed E-state index contributed by atoms with van der Waals surface area (Å²) in [5.41, 5.74) is 0.555. The minimum absolute atomic E-state index is 0.0455.